The standard InChI is InChI=1S/C19H28N2O4/c1-15(22)20-14-19(16-8-6-5-7-9-16)10-12-21(13-11-19)25-17(23)24-18(2,3)4/h5-9H,10-14H2,1-4H3,(H,20,22). The Bertz CT molecular complexity index is 587. The maximum absolute atomic E-state index is 11.8. The molecule has 1 N–H and O–H groups in total. The molecule has 0 unspecified atom stereocenters. The first-order valence-electron chi connectivity index (χ1n) is 8.66. The minimum Gasteiger partial charge on any atom is -0.427 e. The summed E-state index contributed by atoms with van der Waals surface area (Å²) in [6, 6.07) is 10.2. The van der Waals surface area contributed by atoms with Crippen molar-refractivity contribution in [1.82, 2.24) is 10.4 Å². The number of hydrogen-bond donors (Lipinski definition) is 1. The lowest BCUT2D eigenvalue weighted by Crippen LogP contribution is -2.49. The summed E-state index contributed by atoms with van der Waals surface area (Å²) in [7, 11) is 0. The van der Waals surface area contributed by atoms with Gasteiger partial charge in [-0.15, -0.1) is 5.06 Å². The van der Waals surface area contributed by atoms with E-state index < -0.39 is 11.8 Å². The lowest BCUT2D eigenvalue weighted by atomic mass is 9.73. The van der Waals surface area contributed by atoms with Crippen LogP contribution < -0.4 is 5.32 Å². The van der Waals surface area contributed by atoms with Crippen molar-refractivity contribution in [3.63, 3.8) is 0 Å². The summed E-state index contributed by atoms with van der Waals surface area (Å²) in [6.45, 7) is 8.70. The van der Waals surface area contributed by atoms with Gasteiger partial charge < -0.3 is 14.9 Å². The first kappa shape index (κ1) is 19.2. The maximum Gasteiger partial charge on any atom is 0.528 e. The first-order chi connectivity index (χ1) is 11.7. The molecule has 1 fully saturated rings. The van der Waals surface area contributed by atoms with E-state index in [1.54, 1.807) is 25.8 Å². The predicted molar refractivity (Wildman–Crippen MR) is 94.9 cm³/mol. The second-order valence-corrected chi connectivity index (χ2v) is 7.54. The lowest BCUT2D eigenvalue weighted by molar-refractivity contribution is -0.157. The van der Waals surface area contributed by atoms with Crippen LogP contribution in [0.4, 0.5) is 4.79 Å². The van der Waals surface area contributed by atoms with Crippen LogP contribution >= 0.6 is 0 Å². The zero-order valence-corrected chi connectivity index (χ0v) is 15.5. The average Bonchev–Trinajstić information content (AvgIpc) is 2.53. The van der Waals surface area contributed by atoms with Crippen molar-refractivity contribution in [3.8, 4) is 0 Å². The zero-order chi connectivity index (χ0) is 18.5. The van der Waals surface area contributed by atoms with Gasteiger partial charge in [-0.2, -0.15) is 0 Å². The van der Waals surface area contributed by atoms with E-state index in [0.29, 0.717) is 19.6 Å². The Balaban J connectivity index is 2.01. The molecule has 6 nitrogen and oxygen atoms in total. The lowest BCUT2D eigenvalue weighted by Gasteiger charge is -2.41. The van der Waals surface area contributed by atoms with Crippen LogP contribution in [0.3, 0.4) is 0 Å². The second kappa shape index (κ2) is 7.87. The van der Waals surface area contributed by atoms with Crippen LogP contribution in [0.25, 0.3) is 0 Å². The van der Waals surface area contributed by atoms with Crippen LogP contribution in [-0.4, -0.2) is 42.4 Å². The molecule has 0 saturated carbocycles. The van der Waals surface area contributed by atoms with Crippen LogP contribution in [0.1, 0.15) is 46.1 Å². The Hall–Kier alpha value is -2.08. The van der Waals surface area contributed by atoms with Gasteiger partial charge in [0, 0.05) is 32.0 Å². The third-order valence-corrected chi connectivity index (χ3v) is 4.33. The Kier molecular flexibility index (Phi) is 6.06. The number of benzene rings is 1. The van der Waals surface area contributed by atoms with E-state index in [0.717, 1.165) is 12.8 Å². The van der Waals surface area contributed by atoms with Gasteiger partial charge in [0.05, 0.1) is 0 Å². The number of hydroxylamine groups is 2. The average molecular weight is 348 g/mol. The molecule has 1 aromatic rings. The molecule has 1 saturated heterocycles. The molecule has 6 heteroatoms. The summed E-state index contributed by atoms with van der Waals surface area (Å²) in [6.07, 6.45) is 0.877. The number of amides is 1. The summed E-state index contributed by atoms with van der Waals surface area (Å²) in [5.74, 6) is -0.0391. The molecular weight excluding hydrogens is 320 g/mol. The van der Waals surface area contributed by atoms with E-state index in [1.807, 2.05) is 18.2 Å². The summed E-state index contributed by atoms with van der Waals surface area (Å²) in [5.41, 5.74) is 0.466. The molecule has 0 aromatic heterocycles. The molecule has 2 rings (SSSR count). The number of nitrogens with zero attached hydrogens (tertiary/aromatic N) is 1. The first-order valence-corrected chi connectivity index (χ1v) is 8.66. The van der Waals surface area contributed by atoms with Crippen LogP contribution in [0.5, 0.6) is 0 Å². The Morgan fingerprint density at radius 1 is 1.16 bits per heavy atom. The summed E-state index contributed by atoms with van der Waals surface area (Å²) >= 11 is 0. The highest BCUT2D eigenvalue weighted by molar-refractivity contribution is 5.73. The monoisotopic (exact) mass is 348 g/mol. The van der Waals surface area contributed by atoms with Gasteiger partial charge in [-0.1, -0.05) is 30.3 Å². The van der Waals surface area contributed by atoms with Crippen molar-refractivity contribution in [1.29, 1.82) is 0 Å². The molecule has 138 valence electrons. The van der Waals surface area contributed by atoms with Gasteiger partial charge in [-0.25, -0.2) is 4.79 Å². The van der Waals surface area contributed by atoms with Crippen molar-refractivity contribution in [2.75, 3.05) is 19.6 Å². The van der Waals surface area contributed by atoms with E-state index in [4.69, 9.17) is 9.57 Å². The highest BCUT2D eigenvalue weighted by Crippen LogP contribution is 2.35. The fraction of sp³-hybridized carbons (Fsp3) is 0.579. The largest absolute Gasteiger partial charge is 0.528 e. The van der Waals surface area contributed by atoms with Crippen molar-refractivity contribution >= 4 is 12.1 Å². The number of carbonyl (C=O) groups excluding carboxylic acids is 2. The fourth-order valence-corrected chi connectivity index (χ4v) is 3.03. The number of hydrogen-bond acceptors (Lipinski definition) is 5. The summed E-state index contributed by atoms with van der Waals surface area (Å²) in [4.78, 5) is 28.5. The number of carbonyl (C=O) groups is 2. The minimum absolute atomic E-state index is 0.0391. The molecule has 0 atom stereocenters. The van der Waals surface area contributed by atoms with Crippen LogP contribution in [0.15, 0.2) is 30.3 Å². The molecule has 25 heavy (non-hydrogen) atoms. The van der Waals surface area contributed by atoms with Crippen molar-refractivity contribution in [3.05, 3.63) is 35.9 Å². The fourth-order valence-electron chi connectivity index (χ4n) is 3.03. The maximum atomic E-state index is 11.8. The van der Waals surface area contributed by atoms with Crippen LogP contribution in [-0.2, 0) is 19.8 Å². The number of ether oxygens (including phenoxy) is 1. The third-order valence-electron chi connectivity index (χ3n) is 4.33. The van der Waals surface area contributed by atoms with E-state index in [2.05, 4.69) is 17.4 Å². The number of rotatable bonds is 4. The summed E-state index contributed by atoms with van der Waals surface area (Å²) in [5, 5.41) is 4.59. The van der Waals surface area contributed by atoms with E-state index >= 15 is 0 Å². The van der Waals surface area contributed by atoms with Gasteiger partial charge in [0.1, 0.15) is 5.60 Å². The van der Waals surface area contributed by atoms with E-state index in [-0.39, 0.29) is 11.3 Å². The van der Waals surface area contributed by atoms with Gasteiger partial charge in [0.15, 0.2) is 0 Å². The summed E-state index contributed by atoms with van der Waals surface area (Å²) < 4.78 is 5.20. The molecule has 0 bridgehead atoms. The van der Waals surface area contributed by atoms with Gasteiger partial charge in [0.2, 0.25) is 5.91 Å². The molecule has 1 aliphatic rings. The molecular formula is C19H28N2O4. The van der Waals surface area contributed by atoms with E-state index in [9.17, 15) is 9.59 Å². The minimum atomic E-state index is -0.679. The Morgan fingerprint density at radius 2 is 1.76 bits per heavy atom. The molecule has 0 spiro atoms. The zero-order valence-electron chi connectivity index (χ0n) is 15.5. The Labute approximate surface area is 149 Å². The molecule has 1 aromatic carbocycles. The van der Waals surface area contributed by atoms with Gasteiger partial charge >= 0.3 is 6.16 Å². The van der Waals surface area contributed by atoms with Gasteiger partial charge in [-0.3, -0.25) is 4.79 Å². The van der Waals surface area contributed by atoms with Crippen LogP contribution in [0.2, 0.25) is 0 Å². The second-order valence-electron chi connectivity index (χ2n) is 7.54. The van der Waals surface area contributed by atoms with Crippen molar-refractivity contribution in [2.24, 2.45) is 0 Å². The van der Waals surface area contributed by atoms with E-state index in [1.165, 1.54) is 12.5 Å². The molecule has 0 radical (unpaired) electrons. The third kappa shape index (κ3) is 5.74. The highest BCUT2D eigenvalue weighted by Gasteiger charge is 2.37. The normalized spacial score (nSPS) is 17.6. The van der Waals surface area contributed by atoms with Gasteiger partial charge in [0.25, 0.3) is 0 Å². The molecule has 0 aliphatic carbocycles. The predicted octanol–water partition coefficient (Wildman–Crippen LogP) is 3.02. The molecule has 1 heterocycles. The quantitative estimate of drug-likeness (QED) is 0.847. The highest BCUT2D eigenvalue weighted by atomic mass is 16.8. The SMILES string of the molecule is CC(=O)NCC1(c2ccccc2)CCN(OC(=O)OC(C)(C)C)CC1. The van der Waals surface area contributed by atoms with Crippen molar-refractivity contribution < 1.29 is 19.2 Å². The number of piperidine rings is 1. The molecule has 1 aliphatic heterocycles. The number of nitrogens with one attached hydrogen (secondary N) is 1. The van der Waals surface area contributed by atoms with Crippen molar-refractivity contribution in [2.45, 2.75) is 51.6 Å². The smallest absolute Gasteiger partial charge is 0.427 e. The topological polar surface area (TPSA) is 67.9 Å². The van der Waals surface area contributed by atoms with Crippen LogP contribution in [0, 0.1) is 0 Å². The molecule has 1 amide bonds. The van der Waals surface area contributed by atoms with Gasteiger partial charge in [-0.05, 0) is 39.2 Å². The Morgan fingerprint density at radius 3 is 2.28 bits per heavy atom.